The number of rotatable bonds is 5. The minimum atomic E-state index is 0.315. The largest absolute Gasteiger partial charge is 0.496 e. The van der Waals surface area contributed by atoms with Crippen LogP contribution in [0, 0.1) is 12.8 Å². The van der Waals surface area contributed by atoms with Crippen molar-refractivity contribution in [1.82, 2.24) is 5.32 Å². The van der Waals surface area contributed by atoms with Gasteiger partial charge in [0, 0.05) is 5.54 Å². The lowest BCUT2D eigenvalue weighted by molar-refractivity contribution is 0.301. The number of nitrogens with one attached hydrogen (secondary N) is 1. The lowest BCUT2D eigenvalue weighted by atomic mass is 9.82. The second kappa shape index (κ2) is 5.96. The lowest BCUT2D eigenvalue weighted by Crippen LogP contribution is -2.43. The zero-order chi connectivity index (χ0) is 13.9. The summed E-state index contributed by atoms with van der Waals surface area (Å²) in [4.78, 5) is 0. The SMILES string of the molecule is COc1ccc(CC2(CC(C)C)CCCN2)cc1C. The van der Waals surface area contributed by atoms with Gasteiger partial charge in [0.25, 0.3) is 0 Å². The summed E-state index contributed by atoms with van der Waals surface area (Å²) in [6.45, 7) is 7.93. The average Bonchev–Trinajstić information content (AvgIpc) is 2.76. The van der Waals surface area contributed by atoms with E-state index in [4.69, 9.17) is 4.74 Å². The highest BCUT2D eigenvalue weighted by molar-refractivity contribution is 5.37. The summed E-state index contributed by atoms with van der Waals surface area (Å²) in [6.07, 6.45) is 5.01. The Morgan fingerprint density at radius 2 is 2.16 bits per heavy atom. The smallest absolute Gasteiger partial charge is 0.121 e. The maximum atomic E-state index is 5.34. The molecule has 0 aliphatic carbocycles. The first-order chi connectivity index (χ1) is 9.04. The second-order valence-corrected chi connectivity index (χ2v) is 6.39. The number of hydrogen-bond acceptors (Lipinski definition) is 2. The van der Waals surface area contributed by atoms with Gasteiger partial charge in [-0.1, -0.05) is 26.0 Å². The van der Waals surface area contributed by atoms with E-state index in [1.165, 1.54) is 36.9 Å². The molecule has 0 bridgehead atoms. The van der Waals surface area contributed by atoms with E-state index in [9.17, 15) is 0 Å². The summed E-state index contributed by atoms with van der Waals surface area (Å²) in [5.41, 5.74) is 2.97. The van der Waals surface area contributed by atoms with Crippen molar-refractivity contribution in [3.8, 4) is 5.75 Å². The van der Waals surface area contributed by atoms with Crippen LogP contribution in [0.5, 0.6) is 5.75 Å². The van der Waals surface area contributed by atoms with Gasteiger partial charge >= 0.3 is 0 Å². The highest BCUT2D eigenvalue weighted by Crippen LogP contribution is 2.31. The van der Waals surface area contributed by atoms with Crippen molar-refractivity contribution in [3.05, 3.63) is 29.3 Å². The molecule has 0 saturated carbocycles. The number of methoxy groups -OCH3 is 1. The summed E-state index contributed by atoms with van der Waals surface area (Å²) < 4.78 is 5.34. The van der Waals surface area contributed by atoms with Crippen LogP contribution in [0.3, 0.4) is 0 Å². The highest BCUT2D eigenvalue weighted by Gasteiger charge is 2.33. The Bertz CT molecular complexity index is 419. The van der Waals surface area contributed by atoms with E-state index < -0.39 is 0 Å². The fourth-order valence-corrected chi connectivity index (χ4v) is 3.49. The molecule has 0 radical (unpaired) electrons. The van der Waals surface area contributed by atoms with E-state index in [2.05, 4.69) is 44.3 Å². The summed E-state index contributed by atoms with van der Waals surface area (Å²) >= 11 is 0. The van der Waals surface area contributed by atoms with Gasteiger partial charge in [-0.15, -0.1) is 0 Å². The van der Waals surface area contributed by atoms with E-state index in [1.807, 2.05) is 0 Å². The van der Waals surface area contributed by atoms with Crippen molar-refractivity contribution in [2.45, 2.75) is 52.0 Å². The second-order valence-electron chi connectivity index (χ2n) is 6.39. The van der Waals surface area contributed by atoms with Crippen LogP contribution in [-0.4, -0.2) is 19.2 Å². The Kier molecular flexibility index (Phi) is 4.51. The van der Waals surface area contributed by atoms with Gasteiger partial charge in [0.05, 0.1) is 7.11 Å². The molecule has 2 heteroatoms. The quantitative estimate of drug-likeness (QED) is 0.872. The Hall–Kier alpha value is -1.02. The summed E-state index contributed by atoms with van der Waals surface area (Å²) in [5, 5.41) is 3.77. The van der Waals surface area contributed by atoms with Crippen molar-refractivity contribution in [2.75, 3.05) is 13.7 Å². The molecule has 1 aliphatic rings. The van der Waals surface area contributed by atoms with Crippen LogP contribution >= 0.6 is 0 Å². The van der Waals surface area contributed by atoms with E-state index >= 15 is 0 Å². The van der Waals surface area contributed by atoms with Gasteiger partial charge < -0.3 is 10.1 Å². The van der Waals surface area contributed by atoms with E-state index in [0.717, 1.165) is 18.1 Å². The lowest BCUT2D eigenvalue weighted by Gasteiger charge is -2.32. The Labute approximate surface area is 117 Å². The zero-order valence-corrected chi connectivity index (χ0v) is 12.8. The van der Waals surface area contributed by atoms with Crippen molar-refractivity contribution in [2.24, 2.45) is 5.92 Å². The Morgan fingerprint density at radius 1 is 1.37 bits per heavy atom. The number of aryl methyl sites for hydroxylation is 1. The van der Waals surface area contributed by atoms with Gasteiger partial charge in [-0.2, -0.15) is 0 Å². The van der Waals surface area contributed by atoms with Crippen LogP contribution in [0.1, 0.15) is 44.2 Å². The fraction of sp³-hybridized carbons (Fsp3) is 0.647. The van der Waals surface area contributed by atoms with Crippen molar-refractivity contribution < 1.29 is 4.74 Å². The van der Waals surface area contributed by atoms with Crippen molar-refractivity contribution in [3.63, 3.8) is 0 Å². The van der Waals surface area contributed by atoms with Gasteiger partial charge in [-0.25, -0.2) is 0 Å². The molecule has 1 heterocycles. The predicted octanol–water partition coefficient (Wildman–Crippen LogP) is 3.71. The van der Waals surface area contributed by atoms with E-state index in [-0.39, 0.29) is 0 Å². The topological polar surface area (TPSA) is 21.3 Å². The molecule has 1 fully saturated rings. The summed E-state index contributed by atoms with van der Waals surface area (Å²) in [7, 11) is 1.74. The molecule has 106 valence electrons. The molecule has 1 aliphatic heterocycles. The first-order valence-electron chi connectivity index (χ1n) is 7.43. The van der Waals surface area contributed by atoms with Crippen LogP contribution in [0.15, 0.2) is 18.2 Å². The zero-order valence-electron chi connectivity index (χ0n) is 12.8. The maximum Gasteiger partial charge on any atom is 0.121 e. The third-order valence-corrected chi connectivity index (χ3v) is 4.13. The predicted molar refractivity (Wildman–Crippen MR) is 80.9 cm³/mol. The molecule has 2 nitrogen and oxygen atoms in total. The minimum absolute atomic E-state index is 0.315. The third-order valence-electron chi connectivity index (χ3n) is 4.13. The monoisotopic (exact) mass is 261 g/mol. The van der Waals surface area contributed by atoms with E-state index in [0.29, 0.717) is 5.54 Å². The Morgan fingerprint density at radius 3 is 2.68 bits per heavy atom. The molecular formula is C17H27NO. The normalized spacial score (nSPS) is 23.0. The van der Waals surface area contributed by atoms with Crippen LogP contribution in [0.25, 0.3) is 0 Å². The first kappa shape index (κ1) is 14.4. The van der Waals surface area contributed by atoms with Gasteiger partial charge in [-0.3, -0.25) is 0 Å². The standard InChI is InChI=1S/C17H27NO/c1-13(2)11-17(8-5-9-18-17)12-15-6-7-16(19-4)14(3)10-15/h6-7,10,13,18H,5,8-9,11-12H2,1-4H3. The molecule has 1 aromatic carbocycles. The van der Waals surface area contributed by atoms with Crippen molar-refractivity contribution in [1.29, 1.82) is 0 Å². The van der Waals surface area contributed by atoms with Crippen molar-refractivity contribution >= 4 is 0 Å². The molecule has 1 N–H and O–H groups in total. The van der Waals surface area contributed by atoms with Crippen LogP contribution < -0.4 is 10.1 Å². The molecular weight excluding hydrogens is 234 g/mol. The number of ether oxygens (including phenoxy) is 1. The highest BCUT2D eigenvalue weighted by atomic mass is 16.5. The Balaban J connectivity index is 2.15. The number of hydrogen-bond donors (Lipinski definition) is 1. The molecule has 19 heavy (non-hydrogen) atoms. The van der Waals surface area contributed by atoms with Crippen LogP contribution in [0.2, 0.25) is 0 Å². The summed E-state index contributed by atoms with van der Waals surface area (Å²) in [5.74, 6) is 1.73. The van der Waals surface area contributed by atoms with Gasteiger partial charge in [0.15, 0.2) is 0 Å². The maximum absolute atomic E-state index is 5.34. The summed E-state index contributed by atoms with van der Waals surface area (Å²) in [6, 6.07) is 6.59. The van der Waals surface area contributed by atoms with Crippen LogP contribution in [0.4, 0.5) is 0 Å². The number of benzene rings is 1. The van der Waals surface area contributed by atoms with Crippen LogP contribution in [-0.2, 0) is 6.42 Å². The first-order valence-corrected chi connectivity index (χ1v) is 7.43. The molecule has 0 aromatic heterocycles. The van der Waals surface area contributed by atoms with E-state index in [1.54, 1.807) is 7.11 Å². The fourth-order valence-electron chi connectivity index (χ4n) is 3.49. The molecule has 0 spiro atoms. The van der Waals surface area contributed by atoms with Gasteiger partial charge in [0.2, 0.25) is 0 Å². The molecule has 1 unspecified atom stereocenters. The molecule has 1 saturated heterocycles. The molecule has 0 amide bonds. The molecule has 1 atom stereocenters. The molecule has 2 rings (SSSR count). The average molecular weight is 261 g/mol. The molecule has 1 aromatic rings. The minimum Gasteiger partial charge on any atom is -0.496 e. The third kappa shape index (κ3) is 3.50. The van der Waals surface area contributed by atoms with Gasteiger partial charge in [-0.05, 0) is 62.3 Å². The van der Waals surface area contributed by atoms with Gasteiger partial charge in [0.1, 0.15) is 5.75 Å².